The molecule has 1 aliphatic heterocycles. The number of hydrogen-bond acceptors (Lipinski definition) is 4. The van der Waals surface area contributed by atoms with E-state index >= 15 is 0 Å². The third kappa shape index (κ3) is 5.23. The maximum Gasteiger partial charge on any atom is 0.410 e. The van der Waals surface area contributed by atoms with E-state index in [9.17, 15) is 9.59 Å². The van der Waals surface area contributed by atoms with E-state index in [0.29, 0.717) is 19.7 Å². The number of morpholine rings is 1. The van der Waals surface area contributed by atoms with E-state index in [4.69, 9.17) is 9.47 Å². The van der Waals surface area contributed by atoms with Crippen LogP contribution in [0.3, 0.4) is 0 Å². The molecule has 0 aromatic heterocycles. The Morgan fingerprint density at radius 3 is 2.58 bits per heavy atom. The molecule has 1 aliphatic rings. The molecular weight excluding hydrogens is 308 g/mol. The van der Waals surface area contributed by atoms with Gasteiger partial charge in [0.25, 0.3) is 0 Å². The molecular formula is C18H26N2O4. The highest BCUT2D eigenvalue weighted by molar-refractivity contribution is 5.82. The highest BCUT2D eigenvalue weighted by Gasteiger charge is 2.27. The van der Waals surface area contributed by atoms with Crippen LogP contribution in [-0.4, -0.2) is 60.7 Å². The molecule has 24 heavy (non-hydrogen) atoms. The van der Waals surface area contributed by atoms with Gasteiger partial charge in [0.2, 0.25) is 5.91 Å². The number of hydrogen-bond donors (Lipinski definition) is 0. The summed E-state index contributed by atoms with van der Waals surface area (Å²) >= 11 is 0. The van der Waals surface area contributed by atoms with Gasteiger partial charge in [-0.1, -0.05) is 30.3 Å². The Bertz CT molecular complexity index is 568. The van der Waals surface area contributed by atoms with Crippen molar-refractivity contribution < 1.29 is 19.1 Å². The van der Waals surface area contributed by atoms with Crippen molar-refractivity contribution in [3.05, 3.63) is 35.9 Å². The second-order valence-electron chi connectivity index (χ2n) is 6.95. The van der Waals surface area contributed by atoms with Crippen molar-refractivity contribution >= 4 is 12.0 Å². The standard InChI is InChI=1S/C18H26N2O4/c1-18(2,3)24-17(22)19(4)13-16(21)20-10-11-23-15(12-20)14-8-6-5-7-9-14/h5-9,15H,10-13H2,1-4H3/t15-/m1/s1. The topological polar surface area (TPSA) is 59.1 Å². The van der Waals surface area contributed by atoms with Crippen LogP contribution >= 0.6 is 0 Å². The largest absolute Gasteiger partial charge is 0.444 e. The fraction of sp³-hybridized carbons (Fsp3) is 0.556. The fourth-order valence-electron chi connectivity index (χ4n) is 2.45. The molecule has 132 valence electrons. The smallest absolute Gasteiger partial charge is 0.410 e. The second-order valence-corrected chi connectivity index (χ2v) is 6.95. The lowest BCUT2D eigenvalue weighted by atomic mass is 10.1. The summed E-state index contributed by atoms with van der Waals surface area (Å²) in [5.74, 6) is -0.104. The number of benzene rings is 1. The van der Waals surface area contributed by atoms with Gasteiger partial charge in [0.15, 0.2) is 0 Å². The first-order valence-corrected chi connectivity index (χ1v) is 8.15. The lowest BCUT2D eigenvalue weighted by Gasteiger charge is -2.34. The number of rotatable bonds is 3. The molecule has 6 heteroatoms. The molecule has 1 aromatic rings. The molecule has 2 rings (SSSR count). The predicted molar refractivity (Wildman–Crippen MR) is 90.6 cm³/mol. The summed E-state index contributed by atoms with van der Waals surface area (Å²) in [7, 11) is 1.57. The van der Waals surface area contributed by atoms with Crippen molar-refractivity contribution in [3.63, 3.8) is 0 Å². The summed E-state index contributed by atoms with van der Waals surface area (Å²) in [6.45, 7) is 6.90. The maximum absolute atomic E-state index is 12.5. The van der Waals surface area contributed by atoms with Crippen LogP contribution in [0.1, 0.15) is 32.4 Å². The molecule has 0 spiro atoms. The lowest BCUT2D eigenvalue weighted by molar-refractivity contribution is -0.139. The van der Waals surface area contributed by atoms with Crippen LogP contribution in [0.15, 0.2) is 30.3 Å². The number of amides is 2. The molecule has 1 saturated heterocycles. The zero-order chi connectivity index (χ0) is 17.7. The molecule has 6 nitrogen and oxygen atoms in total. The third-order valence-electron chi connectivity index (χ3n) is 3.67. The minimum Gasteiger partial charge on any atom is -0.444 e. The number of carbonyl (C=O) groups is 2. The van der Waals surface area contributed by atoms with Gasteiger partial charge in [-0.05, 0) is 26.3 Å². The van der Waals surface area contributed by atoms with Crippen LogP contribution in [0.2, 0.25) is 0 Å². The van der Waals surface area contributed by atoms with Crippen molar-refractivity contribution in [2.45, 2.75) is 32.5 Å². The zero-order valence-electron chi connectivity index (χ0n) is 14.8. The number of likely N-dealkylation sites (N-methyl/N-ethyl adjacent to an activating group) is 1. The van der Waals surface area contributed by atoms with E-state index in [0.717, 1.165) is 5.56 Å². The van der Waals surface area contributed by atoms with Gasteiger partial charge in [-0.3, -0.25) is 4.79 Å². The van der Waals surface area contributed by atoms with Crippen LogP contribution in [0.5, 0.6) is 0 Å². The quantitative estimate of drug-likeness (QED) is 0.852. The minimum atomic E-state index is -0.578. The van der Waals surface area contributed by atoms with E-state index in [-0.39, 0.29) is 18.6 Å². The number of carbonyl (C=O) groups excluding carboxylic acids is 2. The van der Waals surface area contributed by atoms with Crippen molar-refractivity contribution in [1.29, 1.82) is 0 Å². The van der Waals surface area contributed by atoms with Gasteiger partial charge in [-0.2, -0.15) is 0 Å². The fourth-order valence-corrected chi connectivity index (χ4v) is 2.45. The molecule has 0 unspecified atom stereocenters. The number of ether oxygens (including phenoxy) is 2. The highest BCUT2D eigenvalue weighted by Crippen LogP contribution is 2.22. The molecule has 0 radical (unpaired) electrons. The maximum atomic E-state index is 12.5. The molecule has 0 aliphatic carbocycles. The number of nitrogens with zero attached hydrogens (tertiary/aromatic N) is 2. The Hall–Kier alpha value is -2.08. The Labute approximate surface area is 143 Å². The summed E-state index contributed by atoms with van der Waals surface area (Å²) in [5, 5.41) is 0. The van der Waals surface area contributed by atoms with Crippen LogP contribution < -0.4 is 0 Å². The van der Waals surface area contributed by atoms with Crippen molar-refractivity contribution in [2.24, 2.45) is 0 Å². The zero-order valence-corrected chi connectivity index (χ0v) is 14.8. The van der Waals surface area contributed by atoms with Crippen LogP contribution in [-0.2, 0) is 14.3 Å². The van der Waals surface area contributed by atoms with Gasteiger partial charge in [-0.25, -0.2) is 4.79 Å². The molecule has 2 amide bonds. The monoisotopic (exact) mass is 334 g/mol. The van der Waals surface area contributed by atoms with E-state index in [1.54, 1.807) is 32.7 Å². The third-order valence-corrected chi connectivity index (χ3v) is 3.67. The van der Waals surface area contributed by atoms with E-state index in [2.05, 4.69) is 0 Å². The Morgan fingerprint density at radius 2 is 1.96 bits per heavy atom. The summed E-state index contributed by atoms with van der Waals surface area (Å²) in [6.07, 6.45) is -0.626. The van der Waals surface area contributed by atoms with Gasteiger partial charge in [0.05, 0.1) is 13.2 Å². The molecule has 0 saturated carbocycles. The van der Waals surface area contributed by atoms with Crippen LogP contribution in [0.4, 0.5) is 4.79 Å². The molecule has 1 atom stereocenters. The molecule has 0 N–H and O–H groups in total. The van der Waals surface area contributed by atoms with Crippen molar-refractivity contribution in [2.75, 3.05) is 33.3 Å². The van der Waals surface area contributed by atoms with E-state index in [1.165, 1.54) is 4.90 Å². The van der Waals surface area contributed by atoms with Gasteiger partial charge < -0.3 is 19.3 Å². The van der Waals surface area contributed by atoms with Gasteiger partial charge in [-0.15, -0.1) is 0 Å². The molecule has 1 heterocycles. The minimum absolute atomic E-state index is 0.00355. The first-order valence-electron chi connectivity index (χ1n) is 8.15. The van der Waals surface area contributed by atoms with Crippen LogP contribution in [0.25, 0.3) is 0 Å². The van der Waals surface area contributed by atoms with Crippen molar-refractivity contribution in [3.8, 4) is 0 Å². The van der Waals surface area contributed by atoms with Gasteiger partial charge in [0, 0.05) is 13.6 Å². The summed E-state index contributed by atoms with van der Waals surface area (Å²) in [5.41, 5.74) is 0.474. The van der Waals surface area contributed by atoms with Crippen molar-refractivity contribution in [1.82, 2.24) is 9.80 Å². The van der Waals surface area contributed by atoms with E-state index in [1.807, 2.05) is 30.3 Å². The molecule has 1 aromatic carbocycles. The predicted octanol–water partition coefficient (Wildman–Crippen LogP) is 2.45. The first kappa shape index (κ1) is 18.3. The Morgan fingerprint density at radius 1 is 1.29 bits per heavy atom. The average molecular weight is 334 g/mol. The van der Waals surface area contributed by atoms with E-state index < -0.39 is 11.7 Å². The summed E-state index contributed by atoms with van der Waals surface area (Å²) in [4.78, 5) is 27.5. The molecule has 1 fully saturated rings. The highest BCUT2D eigenvalue weighted by atomic mass is 16.6. The summed E-state index contributed by atoms with van der Waals surface area (Å²) < 4.78 is 11.0. The second kappa shape index (κ2) is 7.66. The van der Waals surface area contributed by atoms with Gasteiger partial charge in [0.1, 0.15) is 18.2 Å². The normalized spacial score (nSPS) is 18.2. The molecule has 0 bridgehead atoms. The Kier molecular flexibility index (Phi) is 5.83. The SMILES string of the molecule is CN(CC(=O)N1CCO[C@@H](c2ccccc2)C1)C(=O)OC(C)(C)C. The Balaban J connectivity index is 1.91. The average Bonchev–Trinajstić information content (AvgIpc) is 2.54. The van der Waals surface area contributed by atoms with Gasteiger partial charge >= 0.3 is 6.09 Å². The van der Waals surface area contributed by atoms with Crippen LogP contribution in [0, 0.1) is 0 Å². The summed E-state index contributed by atoms with van der Waals surface area (Å²) in [6, 6.07) is 9.84. The first-order chi connectivity index (χ1) is 11.3. The lowest BCUT2D eigenvalue weighted by Crippen LogP contribution is -2.47.